The molecule has 2 atom stereocenters. The van der Waals surface area contributed by atoms with Gasteiger partial charge in [-0.05, 0) is 5.92 Å². The summed E-state index contributed by atoms with van der Waals surface area (Å²) in [5, 5.41) is 0. The monoisotopic (exact) mass is 146 g/mol. The summed E-state index contributed by atoms with van der Waals surface area (Å²) in [5.41, 5.74) is 0. The molecule has 0 heterocycles. The van der Waals surface area contributed by atoms with Crippen LogP contribution < -0.4 is 0 Å². The van der Waals surface area contributed by atoms with E-state index in [0.29, 0.717) is 0 Å². The third-order valence-electron chi connectivity index (χ3n) is 1.42. The molecule has 0 nitrogen and oxygen atoms in total. The summed E-state index contributed by atoms with van der Waals surface area (Å²) in [6.07, 6.45) is 3.73. The van der Waals surface area contributed by atoms with E-state index in [2.05, 4.69) is 13.8 Å². The van der Waals surface area contributed by atoms with Crippen LogP contribution in [-0.2, 0) is 0 Å². The van der Waals surface area contributed by atoms with Gasteiger partial charge in [-0.3, -0.25) is 0 Å². The quantitative estimate of drug-likeness (QED) is 0.556. The van der Waals surface area contributed by atoms with Crippen molar-refractivity contribution in [2.75, 3.05) is 0 Å². The van der Waals surface area contributed by atoms with E-state index in [-0.39, 0.29) is 6.40 Å². The van der Waals surface area contributed by atoms with Crippen molar-refractivity contribution in [2.45, 2.75) is 60.3 Å². The van der Waals surface area contributed by atoms with Crippen LogP contribution in [0.1, 0.15) is 61.6 Å². The maximum Gasteiger partial charge on any atom is 0.0264 e. The number of hydrogen-bond acceptors (Lipinski definition) is 0. The van der Waals surface area contributed by atoms with E-state index in [1.54, 1.807) is 0 Å². The molecule has 0 aliphatic rings. The molecule has 0 saturated heterocycles. The third kappa shape index (κ3) is 10.9. The molecule has 0 aliphatic carbocycles. The zero-order valence-corrected chi connectivity index (χ0v) is 8.28. The molecule has 0 N–H and O–H groups in total. The highest BCUT2D eigenvalue weighted by Gasteiger charge is 1.95. The summed E-state index contributed by atoms with van der Waals surface area (Å²) in [5.74, 6) is 0.752. The molecule has 0 bridgehead atoms. The molecule has 0 radical (unpaired) electrons. The minimum Gasteiger partial charge on any atom is -0.0683 e. The molecule has 0 saturated carbocycles. The third-order valence-corrected chi connectivity index (χ3v) is 1.42. The van der Waals surface area contributed by atoms with Crippen LogP contribution in [0.3, 0.4) is 0 Å². The number of rotatable bonds is 4. The van der Waals surface area contributed by atoms with Crippen LogP contribution in [0, 0.1) is 5.92 Å². The van der Waals surface area contributed by atoms with Crippen LogP contribution in [0.2, 0.25) is 0 Å². The molecule has 0 fully saturated rings. The molecule has 2 unspecified atom stereocenters. The van der Waals surface area contributed by atoms with Crippen molar-refractivity contribution in [1.82, 2.24) is 0 Å². The highest BCUT2D eigenvalue weighted by molar-refractivity contribution is 4.48. The fraction of sp³-hybridized carbons (Fsp3) is 1.00. The van der Waals surface area contributed by atoms with Crippen molar-refractivity contribution in [3.63, 3.8) is 0 Å². The molecule has 64 valence electrons. The van der Waals surface area contributed by atoms with Crippen molar-refractivity contribution in [1.29, 1.82) is 0 Å². The standard InChI is InChI=1S/C8H18.C2H6/c1-4-6-8(3)7-5-2;1-2/h8H,4-7H2,1-3H3;1-2H3/i4T;. The Morgan fingerprint density at radius 2 is 1.70 bits per heavy atom. The maximum absolute atomic E-state index is 7.29. The van der Waals surface area contributed by atoms with Crippen LogP contribution >= 0.6 is 0 Å². The van der Waals surface area contributed by atoms with Gasteiger partial charge < -0.3 is 0 Å². The lowest BCUT2D eigenvalue weighted by Crippen LogP contribution is -1.91. The topological polar surface area (TPSA) is 0 Å². The highest BCUT2D eigenvalue weighted by atomic mass is 14.0. The molecular weight excluding hydrogens is 120 g/mol. The van der Waals surface area contributed by atoms with E-state index < -0.39 is 0 Å². The predicted molar refractivity (Wildman–Crippen MR) is 50.3 cm³/mol. The van der Waals surface area contributed by atoms with E-state index in [9.17, 15) is 0 Å². The first-order valence-corrected chi connectivity index (χ1v) is 4.59. The lowest BCUT2D eigenvalue weighted by Gasteiger charge is -2.05. The van der Waals surface area contributed by atoms with E-state index in [1.165, 1.54) is 12.8 Å². The molecule has 10 heavy (non-hydrogen) atoms. The second-order valence-corrected chi connectivity index (χ2v) is 2.54. The van der Waals surface area contributed by atoms with E-state index in [4.69, 9.17) is 1.37 Å². The van der Waals surface area contributed by atoms with Crippen LogP contribution in [0.25, 0.3) is 0 Å². The molecule has 0 aromatic heterocycles. The van der Waals surface area contributed by atoms with Gasteiger partial charge >= 0.3 is 0 Å². The summed E-state index contributed by atoms with van der Waals surface area (Å²) >= 11 is 0. The van der Waals surface area contributed by atoms with Crippen LogP contribution in [-0.4, -0.2) is 0 Å². The van der Waals surface area contributed by atoms with E-state index in [1.807, 2.05) is 20.8 Å². The van der Waals surface area contributed by atoms with Crippen molar-refractivity contribution in [3.05, 3.63) is 0 Å². The molecule has 0 heteroatoms. The zero-order chi connectivity index (χ0) is 9.28. The molecule has 0 amide bonds. The van der Waals surface area contributed by atoms with Gasteiger partial charge in [0.25, 0.3) is 0 Å². The lowest BCUT2D eigenvalue weighted by molar-refractivity contribution is 0.480. The molecule has 0 aromatic carbocycles. The van der Waals surface area contributed by atoms with Gasteiger partial charge in [0, 0.05) is 1.37 Å². The van der Waals surface area contributed by atoms with E-state index in [0.717, 1.165) is 12.3 Å². The smallest absolute Gasteiger partial charge is 0.0264 e. The van der Waals surface area contributed by atoms with Crippen molar-refractivity contribution in [3.8, 4) is 0 Å². The van der Waals surface area contributed by atoms with Gasteiger partial charge in [0.15, 0.2) is 0 Å². The van der Waals surface area contributed by atoms with Crippen molar-refractivity contribution < 1.29 is 1.37 Å². The van der Waals surface area contributed by atoms with E-state index >= 15 is 0 Å². The largest absolute Gasteiger partial charge is 0.0683 e. The van der Waals surface area contributed by atoms with Crippen molar-refractivity contribution >= 4 is 0 Å². The molecular formula is C10H24. The Labute approximate surface area is 68.4 Å². The Morgan fingerprint density at radius 3 is 2.00 bits per heavy atom. The molecule has 0 aliphatic heterocycles. The van der Waals surface area contributed by atoms with Crippen molar-refractivity contribution in [2.24, 2.45) is 5.92 Å². The van der Waals surface area contributed by atoms with Gasteiger partial charge in [-0.2, -0.15) is 0 Å². The first kappa shape index (κ1) is 10.0. The van der Waals surface area contributed by atoms with Gasteiger partial charge in [0.05, 0.1) is 0 Å². The minimum atomic E-state index is 0.131. The van der Waals surface area contributed by atoms with Crippen LogP contribution in [0.15, 0.2) is 0 Å². The maximum atomic E-state index is 7.29. The molecule has 0 rings (SSSR count). The predicted octanol–water partition coefficient (Wildman–Crippen LogP) is 4.25. The molecule has 0 aromatic rings. The van der Waals surface area contributed by atoms with Gasteiger partial charge in [-0.1, -0.05) is 60.3 Å². The zero-order valence-electron chi connectivity index (χ0n) is 9.28. The SMILES string of the molecule is CC.[3H]C(C)CC(C)CCC. The van der Waals surface area contributed by atoms with Crippen LogP contribution in [0.5, 0.6) is 0 Å². The molecule has 0 spiro atoms. The fourth-order valence-electron chi connectivity index (χ4n) is 1.01. The minimum absolute atomic E-state index is 0.131. The highest BCUT2D eigenvalue weighted by Crippen LogP contribution is 2.10. The number of hydrogen-bond donors (Lipinski definition) is 0. The average molecular weight is 146 g/mol. The van der Waals surface area contributed by atoms with Gasteiger partial charge in [0.1, 0.15) is 0 Å². The second kappa shape index (κ2) is 11.8. The second-order valence-electron chi connectivity index (χ2n) is 2.54. The summed E-state index contributed by atoms with van der Waals surface area (Å²) in [7, 11) is 0. The Hall–Kier alpha value is 0. The average Bonchev–Trinajstić information content (AvgIpc) is 1.91. The van der Waals surface area contributed by atoms with Crippen LogP contribution in [0.4, 0.5) is 0 Å². The Morgan fingerprint density at radius 1 is 1.20 bits per heavy atom. The van der Waals surface area contributed by atoms with Gasteiger partial charge in [-0.15, -0.1) is 0 Å². The normalized spacial score (nSPS) is 16.3. The Balaban J connectivity index is 0. The summed E-state index contributed by atoms with van der Waals surface area (Å²) < 4.78 is 7.29. The Kier molecular flexibility index (Phi) is 11.8. The van der Waals surface area contributed by atoms with Gasteiger partial charge in [0.2, 0.25) is 0 Å². The summed E-state index contributed by atoms with van der Waals surface area (Å²) in [6, 6.07) is 0. The van der Waals surface area contributed by atoms with Gasteiger partial charge in [-0.25, -0.2) is 0 Å². The lowest BCUT2D eigenvalue weighted by atomic mass is 10.0. The first-order chi connectivity index (χ1) is 5.16. The summed E-state index contributed by atoms with van der Waals surface area (Å²) in [6.45, 7) is 10.4. The Bertz CT molecular complexity index is 59.9. The fourth-order valence-corrected chi connectivity index (χ4v) is 1.01. The first-order valence-electron chi connectivity index (χ1n) is 5.16. The summed E-state index contributed by atoms with van der Waals surface area (Å²) in [4.78, 5) is 0.